The van der Waals surface area contributed by atoms with Gasteiger partial charge in [0.15, 0.2) is 5.75 Å². The molecule has 0 fully saturated rings. The first-order valence-electron chi connectivity index (χ1n) is 4.73. The van der Waals surface area contributed by atoms with E-state index in [0.717, 1.165) is 0 Å². The molecule has 5 heteroatoms. The molecule has 0 atom stereocenters. The molecule has 0 aliphatic rings. The Morgan fingerprint density at radius 2 is 2.06 bits per heavy atom. The zero-order valence-corrected chi connectivity index (χ0v) is 10.9. The standard InChI is InChI=1S/C11H13BrO4/c1-6(2)16-10-7(11(13)14)4-5-8(15-3)9(10)12/h4-6H,1-3H3,(H,13,14). The Balaban J connectivity index is 3.30. The Kier molecular flexibility index (Phi) is 4.18. The van der Waals surface area contributed by atoms with Gasteiger partial charge in [0.1, 0.15) is 15.8 Å². The van der Waals surface area contributed by atoms with E-state index in [2.05, 4.69) is 15.9 Å². The molecule has 0 bridgehead atoms. The number of methoxy groups -OCH3 is 1. The number of carboxylic acids is 1. The molecule has 0 aliphatic heterocycles. The lowest BCUT2D eigenvalue weighted by atomic mass is 10.2. The average Bonchev–Trinajstić information content (AvgIpc) is 2.19. The lowest BCUT2D eigenvalue weighted by Gasteiger charge is -2.15. The van der Waals surface area contributed by atoms with E-state index >= 15 is 0 Å². The average molecular weight is 289 g/mol. The summed E-state index contributed by atoms with van der Waals surface area (Å²) in [6, 6.07) is 3.05. The first kappa shape index (κ1) is 12.8. The first-order chi connectivity index (χ1) is 7.47. The van der Waals surface area contributed by atoms with E-state index in [9.17, 15) is 4.79 Å². The molecule has 0 aromatic heterocycles. The second kappa shape index (κ2) is 5.21. The van der Waals surface area contributed by atoms with Gasteiger partial charge in [0.2, 0.25) is 0 Å². The predicted molar refractivity (Wildman–Crippen MR) is 63.4 cm³/mol. The first-order valence-corrected chi connectivity index (χ1v) is 5.53. The lowest BCUT2D eigenvalue weighted by molar-refractivity contribution is 0.0690. The number of carboxylic acid groups (broad SMARTS) is 1. The van der Waals surface area contributed by atoms with Crippen molar-refractivity contribution in [3.8, 4) is 11.5 Å². The molecule has 0 heterocycles. The molecule has 0 unspecified atom stereocenters. The largest absolute Gasteiger partial charge is 0.495 e. The summed E-state index contributed by atoms with van der Waals surface area (Å²) in [5.74, 6) is -0.193. The van der Waals surface area contributed by atoms with Crippen LogP contribution in [0.1, 0.15) is 24.2 Å². The summed E-state index contributed by atoms with van der Waals surface area (Å²) < 4.78 is 11.1. The van der Waals surface area contributed by atoms with Crippen LogP contribution in [0.5, 0.6) is 11.5 Å². The number of carbonyl (C=O) groups is 1. The number of halogens is 1. The third-order valence-corrected chi connectivity index (χ3v) is 2.62. The molecule has 0 aliphatic carbocycles. The van der Waals surface area contributed by atoms with Crippen LogP contribution in [0.25, 0.3) is 0 Å². The Hall–Kier alpha value is -1.23. The van der Waals surface area contributed by atoms with E-state index < -0.39 is 5.97 Å². The minimum Gasteiger partial charge on any atom is -0.495 e. The predicted octanol–water partition coefficient (Wildman–Crippen LogP) is 2.94. The second-order valence-corrected chi connectivity index (χ2v) is 4.22. The van der Waals surface area contributed by atoms with Gasteiger partial charge in [-0.15, -0.1) is 0 Å². The monoisotopic (exact) mass is 288 g/mol. The molecule has 0 spiro atoms. The van der Waals surface area contributed by atoms with Crippen LogP contribution in [0.4, 0.5) is 0 Å². The highest BCUT2D eigenvalue weighted by Gasteiger charge is 2.19. The molecule has 0 saturated heterocycles. The Morgan fingerprint density at radius 3 is 2.50 bits per heavy atom. The minimum atomic E-state index is -1.03. The van der Waals surface area contributed by atoms with E-state index in [0.29, 0.717) is 16.0 Å². The normalized spacial score (nSPS) is 10.3. The summed E-state index contributed by atoms with van der Waals surface area (Å²) in [6.07, 6.45) is -0.110. The summed E-state index contributed by atoms with van der Waals surface area (Å²) >= 11 is 3.28. The van der Waals surface area contributed by atoms with Crippen LogP contribution in [0.3, 0.4) is 0 Å². The van der Waals surface area contributed by atoms with E-state index in [1.165, 1.54) is 13.2 Å². The van der Waals surface area contributed by atoms with E-state index in [4.69, 9.17) is 14.6 Å². The molecule has 0 radical (unpaired) electrons. The Bertz CT molecular complexity index is 401. The van der Waals surface area contributed by atoms with E-state index in [-0.39, 0.29) is 11.7 Å². The maximum Gasteiger partial charge on any atom is 0.339 e. The van der Waals surface area contributed by atoms with Gasteiger partial charge >= 0.3 is 5.97 Å². The van der Waals surface area contributed by atoms with Crippen molar-refractivity contribution in [2.45, 2.75) is 20.0 Å². The Labute approximate surface area is 102 Å². The zero-order chi connectivity index (χ0) is 12.3. The van der Waals surface area contributed by atoms with Crippen molar-refractivity contribution >= 4 is 21.9 Å². The minimum absolute atomic E-state index is 0.110. The van der Waals surface area contributed by atoms with Crippen LogP contribution >= 0.6 is 15.9 Å². The van der Waals surface area contributed by atoms with Crippen molar-refractivity contribution in [1.82, 2.24) is 0 Å². The number of hydrogen-bond donors (Lipinski definition) is 1. The van der Waals surface area contributed by atoms with Gasteiger partial charge in [-0.2, -0.15) is 0 Å². The number of benzene rings is 1. The SMILES string of the molecule is COc1ccc(C(=O)O)c(OC(C)C)c1Br. The molecule has 88 valence electrons. The van der Waals surface area contributed by atoms with Crippen molar-refractivity contribution in [2.24, 2.45) is 0 Å². The topological polar surface area (TPSA) is 55.8 Å². The molecular formula is C11H13BrO4. The zero-order valence-electron chi connectivity index (χ0n) is 9.28. The van der Waals surface area contributed by atoms with Gasteiger partial charge in [-0.3, -0.25) is 0 Å². The van der Waals surface area contributed by atoms with Crippen LogP contribution in [0, 0.1) is 0 Å². The van der Waals surface area contributed by atoms with Crippen LogP contribution in [-0.2, 0) is 0 Å². The highest BCUT2D eigenvalue weighted by Crippen LogP contribution is 2.37. The van der Waals surface area contributed by atoms with Gasteiger partial charge in [0.05, 0.1) is 13.2 Å². The van der Waals surface area contributed by atoms with Gasteiger partial charge in [-0.1, -0.05) is 0 Å². The number of ether oxygens (including phenoxy) is 2. The summed E-state index contributed by atoms with van der Waals surface area (Å²) in [5, 5.41) is 9.02. The van der Waals surface area contributed by atoms with Crippen molar-refractivity contribution in [3.05, 3.63) is 22.2 Å². The molecule has 1 rings (SSSR count). The maximum atomic E-state index is 11.0. The number of aromatic carboxylic acids is 1. The highest BCUT2D eigenvalue weighted by molar-refractivity contribution is 9.10. The second-order valence-electron chi connectivity index (χ2n) is 3.43. The van der Waals surface area contributed by atoms with Gasteiger partial charge in [-0.25, -0.2) is 4.79 Å². The molecule has 16 heavy (non-hydrogen) atoms. The lowest BCUT2D eigenvalue weighted by Crippen LogP contribution is -2.10. The molecule has 1 aromatic rings. The molecule has 0 amide bonds. The number of hydrogen-bond acceptors (Lipinski definition) is 3. The Morgan fingerprint density at radius 1 is 1.44 bits per heavy atom. The van der Waals surface area contributed by atoms with Crippen LogP contribution in [0.2, 0.25) is 0 Å². The van der Waals surface area contributed by atoms with Crippen LogP contribution in [-0.4, -0.2) is 24.3 Å². The third-order valence-electron chi connectivity index (χ3n) is 1.87. The van der Waals surface area contributed by atoms with Crippen LogP contribution < -0.4 is 9.47 Å². The molecule has 4 nitrogen and oxygen atoms in total. The molecule has 1 aromatic carbocycles. The fourth-order valence-corrected chi connectivity index (χ4v) is 1.82. The van der Waals surface area contributed by atoms with Crippen LogP contribution in [0.15, 0.2) is 16.6 Å². The summed E-state index contributed by atoms with van der Waals surface area (Å²) in [7, 11) is 1.51. The molecule has 1 N–H and O–H groups in total. The van der Waals surface area contributed by atoms with Gasteiger partial charge in [0, 0.05) is 0 Å². The number of rotatable bonds is 4. The van der Waals surface area contributed by atoms with E-state index in [1.54, 1.807) is 6.07 Å². The smallest absolute Gasteiger partial charge is 0.339 e. The summed E-state index contributed by atoms with van der Waals surface area (Å²) in [6.45, 7) is 3.66. The van der Waals surface area contributed by atoms with E-state index in [1.807, 2.05) is 13.8 Å². The van der Waals surface area contributed by atoms with Gasteiger partial charge in [0.25, 0.3) is 0 Å². The molecular weight excluding hydrogens is 276 g/mol. The fourth-order valence-electron chi connectivity index (χ4n) is 1.21. The van der Waals surface area contributed by atoms with Crippen molar-refractivity contribution in [2.75, 3.05) is 7.11 Å². The fraction of sp³-hybridized carbons (Fsp3) is 0.364. The summed E-state index contributed by atoms with van der Waals surface area (Å²) in [4.78, 5) is 11.0. The van der Waals surface area contributed by atoms with Crippen molar-refractivity contribution in [3.63, 3.8) is 0 Å². The van der Waals surface area contributed by atoms with Crippen molar-refractivity contribution < 1.29 is 19.4 Å². The van der Waals surface area contributed by atoms with Gasteiger partial charge in [-0.05, 0) is 41.9 Å². The molecule has 0 saturated carbocycles. The summed E-state index contributed by atoms with van der Waals surface area (Å²) in [5.41, 5.74) is 0.112. The third kappa shape index (κ3) is 2.66. The maximum absolute atomic E-state index is 11.0. The van der Waals surface area contributed by atoms with Crippen molar-refractivity contribution in [1.29, 1.82) is 0 Å². The van der Waals surface area contributed by atoms with Gasteiger partial charge < -0.3 is 14.6 Å². The quantitative estimate of drug-likeness (QED) is 0.926. The highest BCUT2D eigenvalue weighted by atomic mass is 79.9.